The van der Waals surface area contributed by atoms with Gasteiger partial charge in [-0.15, -0.1) is 12.4 Å². The van der Waals surface area contributed by atoms with Gasteiger partial charge < -0.3 is 5.73 Å². The minimum atomic E-state index is -4.52. The summed E-state index contributed by atoms with van der Waals surface area (Å²) in [7, 11) is 0. The maximum absolute atomic E-state index is 13.1. The first kappa shape index (κ1) is 14.2. The molecular formula is C9H10ClF4N. The molecule has 1 aromatic carbocycles. The highest BCUT2D eigenvalue weighted by atomic mass is 35.5. The Kier molecular flexibility index (Phi) is 4.55. The van der Waals surface area contributed by atoms with E-state index in [0.29, 0.717) is 6.07 Å². The second-order valence-corrected chi connectivity index (χ2v) is 3.02. The summed E-state index contributed by atoms with van der Waals surface area (Å²) in [5, 5.41) is 0. The van der Waals surface area contributed by atoms with Crippen LogP contribution in [0.2, 0.25) is 0 Å². The van der Waals surface area contributed by atoms with E-state index in [-0.39, 0.29) is 18.0 Å². The van der Waals surface area contributed by atoms with Gasteiger partial charge in [0.05, 0.1) is 5.56 Å². The molecule has 1 nitrogen and oxygen atoms in total. The third kappa shape index (κ3) is 3.35. The average Bonchev–Trinajstić information content (AvgIpc) is 2.01. The predicted octanol–water partition coefficient (Wildman–Crippen LogP) is 3.29. The third-order valence-electron chi connectivity index (χ3n) is 1.82. The van der Waals surface area contributed by atoms with Crippen molar-refractivity contribution in [3.63, 3.8) is 0 Å². The molecule has 0 aromatic heterocycles. The molecule has 6 heteroatoms. The molecule has 86 valence electrons. The van der Waals surface area contributed by atoms with E-state index in [2.05, 4.69) is 0 Å². The first-order valence-corrected chi connectivity index (χ1v) is 3.94. The molecule has 0 radical (unpaired) electrons. The first-order chi connectivity index (χ1) is 6.32. The Bertz CT molecular complexity index is 335. The summed E-state index contributed by atoms with van der Waals surface area (Å²) in [5.41, 5.74) is 4.43. The van der Waals surface area contributed by atoms with E-state index in [4.69, 9.17) is 5.73 Å². The van der Waals surface area contributed by atoms with Crippen LogP contribution in [-0.4, -0.2) is 0 Å². The Hall–Kier alpha value is -0.810. The fraction of sp³-hybridized carbons (Fsp3) is 0.333. The van der Waals surface area contributed by atoms with Gasteiger partial charge in [-0.3, -0.25) is 0 Å². The molecular weight excluding hydrogens is 234 g/mol. The summed E-state index contributed by atoms with van der Waals surface area (Å²) < 4.78 is 49.4. The monoisotopic (exact) mass is 243 g/mol. The zero-order valence-corrected chi connectivity index (χ0v) is 8.62. The second-order valence-electron chi connectivity index (χ2n) is 3.02. The molecule has 0 unspecified atom stereocenters. The van der Waals surface area contributed by atoms with Gasteiger partial charge in [-0.05, 0) is 19.1 Å². The molecule has 0 aliphatic heterocycles. The van der Waals surface area contributed by atoms with Crippen LogP contribution in [0.4, 0.5) is 17.6 Å². The molecule has 0 saturated carbocycles. The van der Waals surface area contributed by atoms with Crippen molar-refractivity contribution >= 4 is 12.4 Å². The molecule has 0 saturated heterocycles. The lowest BCUT2D eigenvalue weighted by molar-refractivity contribution is -0.137. The van der Waals surface area contributed by atoms with Crippen molar-refractivity contribution in [2.75, 3.05) is 0 Å². The summed E-state index contributed by atoms with van der Waals surface area (Å²) in [5.74, 6) is -0.921. The minimum Gasteiger partial charge on any atom is -0.324 e. The lowest BCUT2D eigenvalue weighted by Crippen LogP contribution is -2.10. The number of hydrogen-bond acceptors (Lipinski definition) is 1. The van der Waals surface area contributed by atoms with Gasteiger partial charge in [0.2, 0.25) is 0 Å². The molecule has 0 aliphatic carbocycles. The highest BCUT2D eigenvalue weighted by molar-refractivity contribution is 5.85. The summed E-state index contributed by atoms with van der Waals surface area (Å²) in [4.78, 5) is 0. The maximum atomic E-state index is 13.1. The van der Waals surface area contributed by atoms with Crippen molar-refractivity contribution in [2.24, 2.45) is 5.73 Å². The molecule has 0 aliphatic rings. The Morgan fingerprint density at radius 1 is 1.27 bits per heavy atom. The van der Waals surface area contributed by atoms with Crippen molar-refractivity contribution in [3.8, 4) is 0 Å². The van der Waals surface area contributed by atoms with Crippen LogP contribution in [0.3, 0.4) is 0 Å². The van der Waals surface area contributed by atoms with E-state index >= 15 is 0 Å². The lowest BCUT2D eigenvalue weighted by atomic mass is 10.1. The zero-order valence-electron chi connectivity index (χ0n) is 7.81. The number of benzene rings is 1. The van der Waals surface area contributed by atoms with Crippen molar-refractivity contribution in [3.05, 3.63) is 35.1 Å². The predicted molar refractivity (Wildman–Crippen MR) is 51.3 cm³/mol. The van der Waals surface area contributed by atoms with E-state index in [9.17, 15) is 17.6 Å². The molecule has 0 spiro atoms. The number of hydrogen-bond donors (Lipinski definition) is 1. The smallest absolute Gasteiger partial charge is 0.324 e. The fourth-order valence-corrected chi connectivity index (χ4v) is 1.07. The molecule has 2 N–H and O–H groups in total. The van der Waals surface area contributed by atoms with E-state index < -0.39 is 23.6 Å². The SMILES string of the molecule is C[C@H](N)c1ccc(C(F)(F)F)cc1F.Cl. The Balaban J connectivity index is 0.00000196. The van der Waals surface area contributed by atoms with Crippen LogP contribution in [0.1, 0.15) is 24.1 Å². The van der Waals surface area contributed by atoms with Gasteiger partial charge in [0.15, 0.2) is 0 Å². The van der Waals surface area contributed by atoms with Crippen molar-refractivity contribution in [2.45, 2.75) is 19.1 Å². The lowest BCUT2D eigenvalue weighted by Gasteiger charge is -2.10. The maximum Gasteiger partial charge on any atom is 0.416 e. The van der Waals surface area contributed by atoms with Crippen molar-refractivity contribution < 1.29 is 17.6 Å². The second kappa shape index (κ2) is 4.81. The van der Waals surface area contributed by atoms with Crippen molar-refractivity contribution in [1.29, 1.82) is 0 Å². The third-order valence-corrected chi connectivity index (χ3v) is 1.82. The Labute approximate surface area is 90.7 Å². The summed E-state index contributed by atoms with van der Waals surface area (Å²) in [6, 6.07) is 1.72. The van der Waals surface area contributed by atoms with Gasteiger partial charge in [0.25, 0.3) is 0 Å². The van der Waals surface area contributed by atoms with Crippen molar-refractivity contribution in [1.82, 2.24) is 0 Å². The van der Waals surface area contributed by atoms with E-state index in [0.717, 1.165) is 12.1 Å². The van der Waals surface area contributed by atoms with Gasteiger partial charge in [0.1, 0.15) is 5.82 Å². The molecule has 0 bridgehead atoms. The summed E-state index contributed by atoms with van der Waals surface area (Å²) in [6.07, 6.45) is -4.52. The highest BCUT2D eigenvalue weighted by Gasteiger charge is 2.31. The highest BCUT2D eigenvalue weighted by Crippen LogP contribution is 2.30. The van der Waals surface area contributed by atoms with E-state index in [1.807, 2.05) is 0 Å². The minimum absolute atomic E-state index is 0. The van der Waals surface area contributed by atoms with Gasteiger partial charge in [-0.2, -0.15) is 13.2 Å². The molecule has 15 heavy (non-hydrogen) atoms. The summed E-state index contributed by atoms with van der Waals surface area (Å²) >= 11 is 0. The number of rotatable bonds is 1. The number of halogens is 5. The van der Waals surface area contributed by atoms with Gasteiger partial charge in [0, 0.05) is 11.6 Å². The largest absolute Gasteiger partial charge is 0.416 e. The van der Waals surface area contributed by atoms with E-state index in [1.54, 1.807) is 0 Å². The molecule has 1 aromatic rings. The Morgan fingerprint density at radius 2 is 1.80 bits per heavy atom. The molecule has 1 atom stereocenters. The Morgan fingerprint density at radius 3 is 2.13 bits per heavy atom. The number of alkyl halides is 3. The first-order valence-electron chi connectivity index (χ1n) is 3.94. The van der Waals surface area contributed by atoms with Crippen LogP contribution in [0.15, 0.2) is 18.2 Å². The average molecular weight is 244 g/mol. The standard InChI is InChI=1S/C9H9F4N.ClH/c1-5(14)7-3-2-6(4-8(7)10)9(11,12)13;/h2-5H,14H2,1H3;1H/t5-;/m0./s1. The quantitative estimate of drug-likeness (QED) is 0.753. The molecule has 0 fully saturated rings. The van der Waals surface area contributed by atoms with Crippen LogP contribution in [0.5, 0.6) is 0 Å². The normalized spacial score (nSPS) is 13.2. The van der Waals surface area contributed by atoms with Gasteiger partial charge >= 0.3 is 6.18 Å². The van der Waals surface area contributed by atoms with Crippen LogP contribution in [0, 0.1) is 5.82 Å². The number of nitrogens with two attached hydrogens (primary N) is 1. The molecule has 0 heterocycles. The fourth-order valence-electron chi connectivity index (χ4n) is 1.07. The zero-order chi connectivity index (χ0) is 10.9. The van der Waals surface area contributed by atoms with Crippen LogP contribution < -0.4 is 5.73 Å². The molecule has 1 rings (SSSR count). The van der Waals surface area contributed by atoms with Crippen LogP contribution in [-0.2, 0) is 6.18 Å². The summed E-state index contributed by atoms with van der Waals surface area (Å²) in [6.45, 7) is 1.51. The van der Waals surface area contributed by atoms with Gasteiger partial charge in [-0.1, -0.05) is 6.07 Å². The van der Waals surface area contributed by atoms with Crippen LogP contribution in [0.25, 0.3) is 0 Å². The molecule has 0 amide bonds. The topological polar surface area (TPSA) is 26.0 Å². The van der Waals surface area contributed by atoms with Crippen LogP contribution >= 0.6 is 12.4 Å². The van der Waals surface area contributed by atoms with E-state index in [1.165, 1.54) is 6.92 Å². The van der Waals surface area contributed by atoms with Gasteiger partial charge in [-0.25, -0.2) is 4.39 Å².